The van der Waals surface area contributed by atoms with E-state index in [4.69, 9.17) is 11.6 Å². The Kier molecular flexibility index (Phi) is 6.45. The van der Waals surface area contributed by atoms with Crippen molar-refractivity contribution in [2.45, 2.75) is 12.5 Å². The fourth-order valence-corrected chi connectivity index (χ4v) is 1.95. The summed E-state index contributed by atoms with van der Waals surface area (Å²) in [6.45, 7) is 1.09. The lowest BCUT2D eigenvalue weighted by molar-refractivity contribution is 0.0892. The van der Waals surface area contributed by atoms with E-state index in [-0.39, 0.29) is 23.0 Å². The summed E-state index contributed by atoms with van der Waals surface area (Å²) in [5, 5.41) is 8.72. The summed E-state index contributed by atoms with van der Waals surface area (Å²) >= 11 is 5.98. The van der Waals surface area contributed by atoms with Crippen LogP contribution in [0.5, 0.6) is 0 Å². The van der Waals surface area contributed by atoms with Gasteiger partial charge in [0.15, 0.2) is 0 Å². The number of hydrogen-bond donors (Lipinski definition) is 3. The Labute approximate surface area is 126 Å². The molecule has 0 spiro atoms. The molecular formula is C12H15Cl2F2N3O. The molecule has 1 amide bonds. The largest absolute Gasteiger partial charge is 0.380 e. The van der Waals surface area contributed by atoms with Crippen LogP contribution in [0.3, 0.4) is 0 Å². The maximum atomic E-state index is 12.0. The van der Waals surface area contributed by atoms with Gasteiger partial charge in [-0.1, -0.05) is 11.6 Å². The van der Waals surface area contributed by atoms with Crippen LogP contribution < -0.4 is 16.0 Å². The van der Waals surface area contributed by atoms with Crippen molar-refractivity contribution in [1.82, 2.24) is 10.6 Å². The van der Waals surface area contributed by atoms with E-state index in [1.165, 1.54) is 6.07 Å². The monoisotopic (exact) mass is 325 g/mol. The smallest absolute Gasteiger partial charge is 0.255 e. The number of nitrogens with one attached hydrogen (secondary N) is 3. The van der Waals surface area contributed by atoms with E-state index >= 15 is 0 Å². The third kappa shape index (κ3) is 4.47. The zero-order valence-electron chi connectivity index (χ0n) is 10.5. The van der Waals surface area contributed by atoms with Gasteiger partial charge in [0.05, 0.1) is 23.2 Å². The van der Waals surface area contributed by atoms with Gasteiger partial charge in [0.25, 0.3) is 12.3 Å². The van der Waals surface area contributed by atoms with Crippen molar-refractivity contribution >= 4 is 35.6 Å². The minimum atomic E-state index is -2.57. The number of rotatable bonds is 5. The molecule has 0 unspecified atom stereocenters. The van der Waals surface area contributed by atoms with Crippen molar-refractivity contribution in [3.8, 4) is 0 Å². The molecule has 4 nitrogen and oxygen atoms in total. The van der Waals surface area contributed by atoms with E-state index in [1.807, 2.05) is 0 Å². The average molecular weight is 326 g/mol. The van der Waals surface area contributed by atoms with E-state index < -0.39 is 18.9 Å². The molecule has 3 N–H and O–H groups in total. The molecule has 1 fully saturated rings. The maximum absolute atomic E-state index is 12.0. The van der Waals surface area contributed by atoms with Crippen LogP contribution in [-0.2, 0) is 0 Å². The average Bonchev–Trinajstić information content (AvgIpc) is 2.31. The van der Waals surface area contributed by atoms with Gasteiger partial charge in [-0.15, -0.1) is 12.4 Å². The second-order valence-electron chi connectivity index (χ2n) is 4.30. The predicted octanol–water partition coefficient (Wildman–Crippen LogP) is 2.14. The fourth-order valence-electron chi connectivity index (χ4n) is 1.68. The number of carbonyl (C=O) groups is 1. The number of alkyl halides is 2. The molecule has 1 saturated heterocycles. The Morgan fingerprint density at radius 1 is 1.45 bits per heavy atom. The molecule has 112 valence electrons. The normalized spacial score (nSPS) is 14.4. The molecule has 1 aromatic rings. The van der Waals surface area contributed by atoms with E-state index in [0.717, 1.165) is 18.8 Å². The molecule has 0 radical (unpaired) electrons. The minimum Gasteiger partial charge on any atom is -0.380 e. The van der Waals surface area contributed by atoms with Crippen molar-refractivity contribution in [2.75, 3.05) is 25.0 Å². The lowest BCUT2D eigenvalue weighted by Gasteiger charge is -2.29. The van der Waals surface area contributed by atoms with Crippen molar-refractivity contribution < 1.29 is 13.6 Å². The third-order valence-corrected chi connectivity index (χ3v) is 3.10. The highest BCUT2D eigenvalue weighted by atomic mass is 35.5. The SMILES string of the molecule is Cl.O=C(NCC(F)F)c1ccc(NC2CNC2)cc1Cl. The van der Waals surface area contributed by atoms with E-state index in [2.05, 4.69) is 16.0 Å². The zero-order valence-corrected chi connectivity index (χ0v) is 12.0. The standard InChI is InChI=1S/C12H14ClF2N3O.ClH/c13-10-3-7(18-8-4-16-5-8)1-2-9(10)12(19)17-6-11(14)15;/h1-3,8,11,16,18H,4-6H2,(H,17,19);1H. The van der Waals surface area contributed by atoms with Crippen molar-refractivity contribution in [1.29, 1.82) is 0 Å². The molecule has 2 rings (SSSR count). The second-order valence-corrected chi connectivity index (χ2v) is 4.70. The molecule has 8 heteroatoms. The van der Waals surface area contributed by atoms with Gasteiger partial charge in [0, 0.05) is 18.8 Å². The Morgan fingerprint density at radius 2 is 2.15 bits per heavy atom. The molecule has 1 aliphatic rings. The van der Waals surface area contributed by atoms with Crippen LogP contribution in [0.2, 0.25) is 5.02 Å². The first-order valence-corrected chi connectivity index (χ1v) is 6.27. The predicted molar refractivity (Wildman–Crippen MR) is 77.3 cm³/mol. The quantitative estimate of drug-likeness (QED) is 0.777. The van der Waals surface area contributed by atoms with Crippen LogP contribution >= 0.6 is 24.0 Å². The molecular weight excluding hydrogens is 311 g/mol. The van der Waals surface area contributed by atoms with Crippen LogP contribution in [0.25, 0.3) is 0 Å². The van der Waals surface area contributed by atoms with Gasteiger partial charge < -0.3 is 16.0 Å². The van der Waals surface area contributed by atoms with Gasteiger partial charge in [-0.2, -0.15) is 0 Å². The second kappa shape index (κ2) is 7.61. The third-order valence-electron chi connectivity index (χ3n) is 2.78. The molecule has 0 saturated carbocycles. The lowest BCUT2D eigenvalue weighted by atomic mass is 10.1. The number of amides is 1. The Bertz CT molecular complexity index is 470. The van der Waals surface area contributed by atoms with Gasteiger partial charge in [-0.25, -0.2) is 8.78 Å². The van der Waals surface area contributed by atoms with Gasteiger partial charge in [0.1, 0.15) is 0 Å². The van der Waals surface area contributed by atoms with Crippen molar-refractivity contribution in [3.63, 3.8) is 0 Å². The first-order valence-electron chi connectivity index (χ1n) is 5.89. The Morgan fingerprint density at radius 3 is 2.65 bits per heavy atom. The highest BCUT2D eigenvalue weighted by Gasteiger charge is 2.17. The summed E-state index contributed by atoms with van der Waals surface area (Å²) in [6.07, 6.45) is -2.57. The van der Waals surface area contributed by atoms with Crippen molar-refractivity contribution in [3.05, 3.63) is 28.8 Å². The molecule has 0 aliphatic carbocycles. The highest BCUT2D eigenvalue weighted by Crippen LogP contribution is 2.22. The topological polar surface area (TPSA) is 53.2 Å². The van der Waals surface area contributed by atoms with Gasteiger partial charge in [-0.05, 0) is 18.2 Å². The molecule has 1 aliphatic heterocycles. The molecule has 0 bridgehead atoms. The van der Waals surface area contributed by atoms with Crippen LogP contribution in [0.1, 0.15) is 10.4 Å². The van der Waals surface area contributed by atoms with Gasteiger partial charge >= 0.3 is 0 Å². The molecule has 1 heterocycles. The van der Waals surface area contributed by atoms with E-state index in [0.29, 0.717) is 6.04 Å². The number of anilines is 1. The van der Waals surface area contributed by atoms with Gasteiger partial charge in [0.2, 0.25) is 0 Å². The summed E-state index contributed by atoms with van der Waals surface area (Å²) < 4.78 is 24.0. The van der Waals surface area contributed by atoms with Crippen LogP contribution in [0, 0.1) is 0 Å². The lowest BCUT2D eigenvalue weighted by Crippen LogP contribution is -2.51. The van der Waals surface area contributed by atoms with Crippen LogP contribution in [-0.4, -0.2) is 38.0 Å². The summed E-state index contributed by atoms with van der Waals surface area (Å²) in [4.78, 5) is 11.6. The van der Waals surface area contributed by atoms with E-state index in [9.17, 15) is 13.6 Å². The van der Waals surface area contributed by atoms with Crippen molar-refractivity contribution in [2.24, 2.45) is 0 Å². The number of carbonyl (C=O) groups excluding carboxylic acids is 1. The van der Waals surface area contributed by atoms with Crippen LogP contribution in [0.4, 0.5) is 14.5 Å². The molecule has 0 aromatic heterocycles. The zero-order chi connectivity index (χ0) is 13.8. The first-order chi connectivity index (χ1) is 9.06. The summed E-state index contributed by atoms with van der Waals surface area (Å²) in [5.41, 5.74) is 1.00. The number of benzene rings is 1. The number of hydrogen-bond acceptors (Lipinski definition) is 3. The summed E-state index contributed by atoms with van der Waals surface area (Å²) in [5.74, 6) is -0.595. The number of halogens is 4. The van der Waals surface area contributed by atoms with Crippen LogP contribution in [0.15, 0.2) is 18.2 Å². The summed E-state index contributed by atoms with van der Waals surface area (Å²) in [6, 6.07) is 5.21. The Hall–Kier alpha value is -1.11. The summed E-state index contributed by atoms with van der Waals surface area (Å²) in [7, 11) is 0. The fraction of sp³-hybridized carbons (Fsp3) is 0.417. The first kappa shape index (κ1) is 16.9. The van der Waals surface area contributed by atoms with E-state index in [1.54, 1.807) is 12.1 Å². The maximum Gasteiger partial charge on any atom is 0.255 e. The minimum absolute atomic E-state index is 0. The molecule has 0 atom stereocenters. The highest BCUT2D eigenvalue weighted by molar-refractivity contribution is 6.34. The van der Waals surface area contributed by atoms with Gasteiger partial charge in [-0.3, -0.25) is 4.79 Å². The molecule has 1 aromatic carbocycles. The molecule has 20 heavy (non-hydrogen) atoms. The Balaban J connectivity index is 0.00000200.